The molecule has 0 rings (SSSR count). The lowest BCUT2D eigenvalue weighted by Gasteiger charge is -2.29. The minimum atomic E-state index is -0.523. The molecule has 0 saturated heterocycles. The fourth-order valence-electron chi connectivity index (χ4n) is 1.52. The Kier molecular flexibility index (Phi) is 5.32. The molecule has 0 spiro atoms. The lowest BCUT2D eigenvalue weighted by molar-refractivity contribution is 0.0194. The summed E-state index contributed by atoms with van der Waals surface area (Å²) >= 11 is 0. The van der Waals surface area contributed by atoms with Crippen molar-refractivity contribution in [2.45, 2.75) is 73.3 Å². The molecular formula is C14H30O. The van der Waals surface area contributed by atoms with E-state index in [0.717, 1.165) is 12.3 Å². The first-order valence-corrected chi connectivity index (χ1v) is 6.27. The van der Waals surface area contributed by atoms with Crippen LogP contribution in [-0.4, -0.2) is 10.7 Å². The summed E-state index contributed by atoms with van der Waals surface area (Å²) in [5, 5.41) is 9.81. The zero-order valence-electron chi connectivity index (χ0n) is 11.7. The van der Waals surface area contributed by atoms with Gasteiger partial charge in [-0.3, -0.25) is 0 Å². The van der Waals surface area contributed by atoms with Crippen molar-refractivity contribution >= 4 is 0 Å². The lowest BCUT2D eigenvalue weighted by Crippen LogP contribution is -2.28. The highest BCUT2D eigenvalue weighted by molar-refractivity contribution is 4.75. The van der Waals surface area contributed by atoms with E-state index in [4.69, 9.17) is 0 Å². The molecule has 0 aliphatic rings. The van der Waals surface area contributed by atoms with Crippen LogP contribution in [0, 0.1) is 17.3 Å². The van der Waals surface area contributed by atoms with Gasteiger partial charge in [0.1, 0.15) is 0 Å². The van der Waals surface area contributed by atoms with Gasteiger partial charge in [0.05, 0.1) is 5.60 Å². The Morgan fingerprint density at radius 3 is 1.60 bits per heavy atom. The Morgan fingerprint density at radius 1 is 0.867 bits per heavy atom. The number of aliphatic hydroxyl groups is 1. The van der Waals surface area contributed by atoms with Crippen LogP contribution in [0.2, 0.25) is 0 Å². The topological polar surface area (TPSA) is 20.2 Å². The second-order valence-corrected chi connectivity index (χ2v) is 6.75. The van der Waals surface area contributed by atoms with Crippen molar-refractivity contribution in [2.75, 3.05) is 0 Å². The summed E-state index contributed by atoms with van der Waals surface area (Å²) in [6.45, 7) is 15.2. The van der Waals surface area contributed by atoms with Crippen molar-refractivity contribution in [3.8, 4) is 0 Å². The average molecular weight is 214 g/mol. The molecule has 0 aromatic rings. The number of hydrogen-bond donors (Lipinski definition) is 1. The Hall–Kier alpha value is -0.0400. The Bertz CT molecular complexity index is 151. The Balaban J connectivity index is 3.81. The maximum absolute atomic E-state index is 9.81. The standard InChI is InChI=1S/C14H30O/c1-11(13(3,4)5)9-8-10-12(2)14(6,7)15/h11-12,15H,8-10H2,1-7H3/t11?,12-/m0/s1. The first-order chi connectivity index (χ1) is 6.55. The molecule has 0 fully saturated rings. The summed E-state index contributed by atoms with van der Waals surface area (Å²) < 4.78 is 0. The van der Waals surface area contributed by atoms with E-state index in [2.05, 4.69) is 34.6 Å². The third kappa shape index (κ3) is 6.19. The van der Waals surface area contributed by atoms with E-state index in [1.54, 1.807) is 0 Å². The normalized spacial score (nSPS) is 17.6. The molecule has 0 saturated carbocycles. The van der Waals surface area contributed by atoms with Gasteiger partial charge in [0.25, 0.3) is 0 Å². The third-order valence-electron chi connectivity index (χ3n) is 3.96. The van der Waals surface area contributed by atoms with Crippen molar-refractivity contribution in [3.05, 3.63) is 0 Å². The largest absolute Gasteiger partial charge is 0.390 e. The molecule has 0 aromatic heterocycles. The van der Waals surface area contributed by atoms with E-state index >= 15 is 0 Å². The highest BCUT2D eigenvalue weighted by atomic mass is 16.3. The second-order valence-electron chi connectivity index (χ2n) is 6.75. The fraction of sp³-hybridized carbons (Fsp3) is 1.00. The molecule has 1 unspecified atom stereocenters. The summed E-state index contributed by atoms with van der Waals surface area (Å²) in [5.74, 6) is 1.15. The smallest absolute Gasteiger partial charge is 0.0617 e. The van der Waals surface area contributed by atoms with Crippen LogP contribution >= 0.6 is 0 Å². The molecule has 0 amide bonds. The van der Waals surface area contributed by atoms with Gasteiger partial charge in [-0.25, -0.2) is 0 Å². The first-order valence-electron chi connectivity index (χ1n) is 6.27. The van der Waals surface area contributed by atoms with Gasteiger partial charge >= 0.3 is 0 Å². The van der Waals surface area contributed by atoms with Crippen molar-refractivity contribution in [2.24, 2.45) is 17.3 Å². The van der Waals surface area contributed by atoms with Crippen LogP contribution in [0.4, 0.5) is 0 Å². The minimum absolute atomic E-state index is 0.393. The van der Waals surface area contributed by atoms with Crippen LogP contribution in [0.3, 0.4) is 0 Å². The van der Waals surface area contributed by atoms with Crippen LogP contribution in [-0.2, 0) is 0 Å². The molecule has 1 heteroatoms. The zero-order valence-corrected chi connectivity index (χ0v) is 11.7. The molecule has 0 radical (unpaired) electrons. The van der Waals surface area contributed by atoms with Crippen molar-refractivity contribution < 1.29 is 5.11 Å². The monoisotopic (exact) mass is 214 g/mol. The molecule has 0 aliphatic carbocycles. The van der Waals surface area contributed by atoms with Crippen LogP contribution in [0.1, 0.15) is 67.7 Å². The fourth-order valence-corrected chi connectivity index (χ4v) is 1.52. The zero-order chi connectivity index (χ0) is 12.3. The van der Waals surface area contributed by atoms with Crippen LogP contribution < -0.4 is 0 Å². The Morgan fingerprint density at radius 2 is 1.27 bits per heavy atom. The van der Waals surface area contributed by atoms with Crippen molar-refractivity contribution in [1.82, 2.24) is 0 Å². The van der Waals surface area contributed by atoms with Gasteiger partial charge in [-0.05, 0) is 37.5 Å². The SMILES string of the molecule is CC(CCC[C@H](C)C(C)(C)O)C(C)(C)C. The molecule has 1 nitrogen and oxygen atoms in total. The molecular weight excluding hydrogens is 184 g/mol. The van der Waals surface area contributed by atoms with E-state index < -0.39 is 5.60 Å². The third-order valence-corrected chi connectivity index (χ3v) is 3.96. The minimum Gasteiger partial charge on any atom is -0.390 e. The van der Waals surface area contributed by atoms with Crippen LogP contribution in [0.15, 0.2) is 0 Å². The summed E-state index contributed by atoms with van der Waals surface area (Å²) in [7, 11) is 0. The van der Waals surface area contributed by atoms with Gasteiger partial charge in [0, 0.05) is 0 Å². The Labute approximate surface area is 96.3 Å². The van der Waals surface area contributed by atoms with Gasteiger partial charge < -0.3 is 5.11 Å². The van der Waals surface area contributed by atoms with Crippen molar-refractivity contribution in [1.29, 1.82) is 0 Å². The lowest BCUT2D eigenvalue weighted by atomic mass is 9.78. The first kappa shape index (κ1) is 15.0. The number of hydrogen-bond acceptors (Lipinski definition) is 1. The number of rotatable bonds is 5. The van der Waals surface area contributed by atoms with Crippen LogP contribution in [0.25, 0.3) is 0 Å². The summed E-state index contributed by atoms with van der Waals surface area (Å²) in [6, 6.07) is 0. The second kappa shape index (κ2) is 5.34. The highest BCUT2D eigenvalue weighted by Gasteiger charge is 2.23. The summed E-state index contributed by atoms with van der Waals surface area (Å²) in [4.78, 5) is 0. The summed E-state index contributed by atoms with van der Waals surface area (Å²) in [6.07, 6.45) is 3.62. The van der Waals surface area contributed by atoms with Gasteiger partial charge in [-0.1, -0.05) is 47.5 Å². The molecule has 15 heavy (non-hydrogen) atoms. The molecule has 92 valence electrons. The molecule has 0 aromatic carbocycles. The average Bonchev–Trinajstić information content (AvgIpc) is 2.00. The predicted molar refractivity (Wildman–Crippen MR) is 67.9 cm³/mol. The quantitative estimate of drug-likeness (QED) is 0.725. The van der Waals surface area contributed by atoms with E-state index in [-0.39, 0.29) is 0 Å². The van der Waals surface area contributed by atoms with Gasteiger partial charge in [-0.2, -0.15) is 0 Å². The predicted octanol–water partition coefficient (Wildman–Crippen LogP) is 4.25. The molecule has 0 bridgehead atoms. The molecule has 0 heterocycles. The highest BCUT2D eigenvalue weighted by Crippen LogP contribution is 2.31. The van der Waals surface area contributed by atoms with Crippen molar-refractivity contribution in [3.63, 3.8) is 0 Å². The van der Waals surface area contributed by atoms with Gasteiger partial charge in [-0.15, -0.1) is 0 Å². The van der Waals surface area contributed by atoms with Gasteiger partial charge in [0.15, 0.2) is 0 Å². The molecule has 0 aliphatic heterocycles. The van der Waals surface area contributed by atoms with E-state index in [1.807, 2.05) is 13.8 Å². The summed E-state index contributed by atoms with van der Waals surface area (Å²) in [5.41, 5.74) is -0.108. The molecule has 1 N–H and O–H groups in total. The van der Waals surface area contributed by atoms with E-state index in [9.17, 15) is 5.11 Å². The van der Waals surface area contributed by atoms with E-state index in [0.29, 0.717) is 11.3 Å². The van der Waals surface area contributed by atoms with E-state index in [1.165, 1.54) is 12.8 Å². The van der Waals surface area contributed by atoms with Gasteiger partial charge in [0.2, 0.25) is 0 Å². The van der Waals surface area contributed by atoms with Crippen LogP contribution in [0.5, 0.6) is 0 Å². The maximum Gasteiger partial charge on any atom is 0.0617 e. The molecule has 2 atom stereocenters. The maximum atomic E-state index is 9.81.